The predicted octanol–water partition coefficient (Wildman–Crippen LogP) is 4.41. The highest BCUT2D eigenvalue weighted by atomic mass is 32.1. The van der Waals surface area contributed by atoms with Crippen LogP contribution in [-0.4, -0.2) is 48.2 Å². The first-order valence-corrected chi connectivity index (χ1v) is 11.5. The molecule has 3 aromatic rings. The number of benzene rings is 2. The molecule has 0 radical (unpaired) electrons. The SMILES string of the molecule is O=C(N1CCC(Oc2nc3ccccc3s2)CC1)C1(c2ccccc2)CCOCC1. The van der Waals surface area contributed by atoms with Crippen LogP contribution in [0.25, 0.3) is 10.2 Å². The molecule has 3 heterocycles. The van der Waals surface area contributed by atoms with Gasteiger partial charge < -0.3 is 14.4 Å². The zero-order chi connectivity index (χ0) is 20.4. The first-order valence-electron chi connectivity index (χ1n) is 10.7. The number of amides is 1. The van der Waals surface area contributed by atoms with E-state index >= 15 is 0 Å². The lowest BCUT2D eigenvalue weighted by Crippen LogP contribution is -2.53. The molecule has 0 saturated carbocycles. The molecule has 2 saturated heterocycles. The molecule has 30 heavy (non-hydrogen) atoms. The molecule has 5 nitrogen and oxygen atoms in total. The minimum Gasteiger partial charge on any atom is -0.467 e. The van der Waals surface area contributed by atoms with Crippen molar-refractivity contribution in [1.82, 2.24) is 9.88 Å². The number of carbonyl (C=O) groups is 1. The summed E-state index contributed by atoms with van der Waals surface area (Å²) in [6.45, 7) is 2.73. The van der Waals surface area contributed by atoms with Crippen molar-refractivity contribution >= 4 is 27.5 Å². The lowest BCUT2D eigenvalue weighted by Gasteiger charge is -2.42. The molecule has 0 N–H and O–H groups in total. The second-order valence-electron chi connectivity index (χ2n) is 8.12. The van der Waals surface area contributed by atoms with Gasteiger partial charge >= 0.3 is 0 Å². The number of piperidine rings is 1. The van der Waals surface area contributed by atoms with Gasteiger partial charge in [0.05, 0.1) is 15.6 Å². The molecule has 2 aromatic carbocycles. The van der Waals surface area contributed by atoms with E-state index in [4.69, 9.17) is 9.47 Å². The number of rotatable bonds is 4. The first-order chi connectivity index (χ1) is 14.7. The van der Waals surface area contributed by atoms with Crippen molar-refractivity contribution in [2.24, 2.45) is 0 Å². The summed E-state index contributed by atoms with van der Waals surface area (Å²) >= 11 is 1.59. The number of hydrogen-bond donors (Lipinski definition) is 0. The molecular formula is C24H26N2O3S. The molecule has 0 unspecified atom stereocenters. The van der Waals surface area contributed by atoms with E-state index in [0.29, 0.717) is 13.2 Å². The summed E-state index contributed by atoms with van der Waals surface area (Å²) < 4.78 is 12.9. The van der Waals surface area contributed by atoms with Crippen molar-refractivity contribution < 1.29 is 14.3 Å². The molecule has 0 spiro atoms. The van der Waals surface area contributed by atoms with Gasteiger partial charge in [-0.2, -0.15) is 0 Å². The van der Waals surface area contributed by atoms with Crippen LogP contribution in [0.5, 0.6) is 5.19 Å². The van der Waals surface area contributed by atoms with Crippen LogP contribution in [0.4, 0.5) is 0 Å². The molecule has 0 atom stereocenters. The second-order valence-corrected chi connectivity index (χ2v) is 9.11. The lowest BCUT2D eigenvalue weighted by atomic mass is 9.72. The number of fused-ring (bicyclic) bond motifs is 1. The Hall–Kier alpha value is -2.44. The van der Waals surface area contributed by atoms with Crippen LogP contribution in [0, 0.1) is 0 Å². The summed E-state index contributed by atoms with van der Waals surface area (Å²) in [5.41, 5.74) is 1.64. The van der Waals surface area contributed by atoms with E-state index in [2.05, 4.69) is 23.2 Å². The minimum atomic E-state index is -0.458. The average molecular weight is 423 g/mol. The van der Waals surface area contributed by atoms with E-state index in [-0.39, 0.29) is 12.0 Å². The van der Waals surface area contributed by atoms with Gasteiger partial charge in [-0.05, 0) is 30.5 Å². The van der Waals surface area contributed by atoms with Gasteiger partial charge in [0.15, 0.2) is 0 Å². The highest BCUT2D eigenvalue weighted by molar-refractivity contribution is 7.20. The minimum absolute atomic E-state index is 0.108. The molecule has 1 aromatic heterocycles. The largest absolute Gasteiger partial charge is 0.467 e. The number of thiazole rings is 1. The zero-order valence-electron chi connectivity index (χ0n) is 17.0. The third kappa shape index (κ3) is 3.70. The Morgan fingerprint density at radius 2 is 1.73 bits per heavy atom. The van der Waals surface area contributed by atoms with Gasteiger partial charge in [0.25, 0.3) is 5.19 Å². The average Bonchev–Trinajstić information content (AvgIpc) is 3.22. The van der Waals surface area contributed by atoms with Gasteiger partial charge in [-0.15, -0.1) is 0 Å². The third-order valence-corrected chi connectivity index (χ3v) is 7.28. The van der Waals surface area contributed by atoms with Crippen LogP contribution in [0.2, 0.25) is 0 Å². The monoisotopic (exact) mass is 422 g/mol. The van der Waals surface area contributed by atoms with Crippen molar-refractivity contribution in [2.45, 2.75) is 37.2 Å². The molecular weight excluding hydrogens is 396 g/mol. The van der Waals surface area contributed by atoms with Gasteiger partial charge in [-0.1, -0.05) is 53.8 Å². The maximum atomic E-state index is 13.7. The van der Waals surface area contributed by atoms with Gasteiger partial charge in [0.2, 0.25) is 5.91 Å². The molecule has 5 rings (SSSR count). The Kier molecular flexibility index (Phi) is 5.44. The number of para-hydroxylation sites is 1. The van der Waals surface area contributed by atoms with Crippen LogP contribution in [0.1, 0.15) is 31.2 Å². The molecule has 1 amide bonds. The molecule has 2 fully saturated rings. The Morgan fingerprint density at radius 1 is 1.03 bits per heavy atom. The first kappa shape index (κ1) is 19.5. The van der Waals surface area contributed by atoms with Gasteiger partial charge in [-0.3, -0.25) is 4.79 Å². The number of carbonyl (C=O) groups excluding carboxylic acids is 1. The van der Waals surface area contributed by atoms with E-state index in [1.165, 1.54) is 0 Å². The van der Waals surface area contributed by atoms with Crippen LogP contribution in [0.3, 0.4) is 0 Å². The maximum Gasteiger partial charge on any atom is 0.274 e. The molecule has 156 valence electrons. The fourth-order valence-electron chi connectivity index (χ4n) is 4.63. The van der Waals surface area contributed by atoms with Crippen LogP contribution in [0.15, 0.2) is 54.6 Å². The van der Waals surface area contributed by atoms with Crippen LogP contribution < -0.4 is 4.74 Å². The Morgan fingerprint density at radius 3 is 2.47 bits per heavy atom. The highest BCUT2D eigenvalue weighted by Crippen LogP contribution is 2.38. The van der Waals surface area contributed by atoms with Crippen LogP contribution in [-0.2, 0) is 14.9 Å². The van der Waals surface area contributed by atoms with Crippen molar-refractivity contribution in [3.63, 3.8) is 0 Å². The third-order valence-electron chi connectivity index (χ3n) is 6.35. The Labute approximate surface area is 180 Å². The smallest absolute Gasteiger partial charge is 0.274 e. The molecule has 0 bridgehead atoms. The molecule has 6 heteroatoms. The summed E-state index contributed by atoms with van der Waals surface area (Å²) in [6, 6.07) is 18.3. The van der Waals surface area contributed by atoms with E-state index in [1.54, 1.807) is 11.3 Å². The molecule has 2 aliphatic rings. The van der Waals surface area contributed by atoms with E-state index in [1.807, 2.05) is 41.3 Å². The van der Waals surface area contributed by atoms with Gasteiger partial charge in [0, 0.05) is 39.1 Å². The van der Waals surface area contributed by atoms with Crippen molar-refractivity contribution in [3.05, 3.63) is 60.2 Å². The normalized spacial score (nSPS) is 19.7. The number of hydrogen-bond acceptors (Lipinski definition) is 5. The fraction of sp³-hybridized carbons (Fsp3) is 0.417. The topological polar surface area (TPSA) is 51.7 Å². The van der Waals surface area contributed by atoms with Crippen molar-refractivity contribution in [1.29, 1.82) is 0 Å². The number of ether oxygens (including phenoxy) is 2. The zero-order valence-corrected chi connectivity index (χ0v) is 17.8. The summed E-state index contributed by atoms with van der Waals surface area (Å²) in [7, 11) is 0. The summed E-state index contributed by atoms with van der Waals surface area (Å²) in [6.07, 6.45) is 3.28. The Balaban J connectivity index is 1.26. The quantitative estimate of drug-likeness (QED) is 0.625. The maximum absolute atomic E-state index is 13.7. The lowest BCUT2D eigenvalue weighted by molar-refractivity contribution is -0.143. The van der Waals surface area contributed by atoms with Gasteiger partial charge in [-0.25, -0.2) is 4.98 Å². The Bertz CT molecular complexity index is 972. The predicted molar refractivity (Wildman–Crippen MR) is 118 cm³/mol. The van der Waals surface area contributed by atoms with Gasteiger partial charge in [0.1, 0.15) is 6.10 Å². The highest BCUT2D eigenvalue weighted by Gasteiger charge is 2.44. The van der Waals surface area contributed by atoms with E-state index < -0.39 is 5.41 Å². The summed E-state index contributed by atoms with van der Waals surface area (Å²) in [5.74, 6) is 0.246. The van der Waals surface area contributed by atoms with Crippen LogP contribution >= 0.6 is 11.3 Å². The number of aromatic nitrogens is 1. The van der Waals surface area contributed by atoms with E-state index in [0.717, 1.165) is 59.7 Å². The summed E-state index contributed by atoms with van der Waals surface area (Å²) in [5, 5.41) is 0.728. The van der Waals surface area contributed by atoms with E-state index in [9.17, 15) is 4.79 Å². The fourth-order valence-corrected chi connectivity index (χ4v) is 5.51. The second kappa shape index (κ2) is 8.36. The summed E-state index contributed by atoms with van der Waals surface area (Å²) in [4.78, 5) is 20.3. The number of nitrogens with zero attached hydrogens (tertiary/aromatic N) is 2. The molecule has 0 aliphatic carbocycles. The number of likely N-dealkylation sites (tertiary alicyclic amines) is 1. The molecule has 2 aliphatic heterocycles. The standard InChI is InChI=1S/C24H26N2O3S/c27-22(24(12-16-28-17-13-24)18-6-2-1-3-7-18)26-14-10-19(11-15-26)29-23-25-20-8-4-5-9-21(20)30-23/h1-9,19H,10-17H2. The van der Waals surface area contributed by atoms with Crippen molar-refractivity contribution in [3.8, 4) is 5.19 Å². The van der Waals surface area contributed by atoms with Crippen molar-refractivity contribution in [2.75, 3.05) is 26.3 Å².